The molecule has 2 radical (unpaired) electrons. The molecule has 9 heavy (non-hydrogen) atoms. The van der Waals surface area contributed by atoms with E-state index >= 15 is 0 Å². The molecule has 1 heteroatoms. The lowest BCUT2D eigenvalue weighted by atomic mass is 10.0. The van der Waals surface area contributed by atoms with Crippen LogP contribution in [0.3, 0.4) is 0 Å². The number of hydrogen-bond acceptors (Lipinski definition) is 0. The highest BCUT2D eigenvalue weighted by Crippen LogP contribution is 2.37. The van der Waals surface area contributed by atoms with Gasteiger partial charge in [0.1, 0.15) is 9.52 Å². The number of hydrogen-bond donors (Lipinski definition) is 0. The minimum atomic E-state index is 1.09. The van der Waals surface area contributed by atoms with Crippen molar-refractivity contribution in [1.82, 2.24) is 0 Å². The fourth-order valence-corrected chi connectivity index (χ4v) is 3.19. The van der Waals surface area contributed by atoms with Crippen molar-refractivity contribution in [3.8, 4) is 0 Å². The maximum atomic E-state index is 2.27. The molecule has 0 aromatic heterocycles. The topological polar surface area (TPSA) is 0 Å². The molecule has 0 nitrogen and oxygen atoms in total. The van der Waals surface area contributed by atoms with Crippen LogP contribution in [0.15, 0.2) is 21.5 Å². The molecule has 1 fully saturated rings. The molecule has 0 aromatic rings. The monoisotopic (exact) mass is 134 g/mol. The van der Waals surface area contributed by atoms with Crippen LogP contribution in [0.2, 0.25) is 0 Å². The summed E-state index contributed by atoms with van der Waals surface area (Å²) in [5.74, 6) is 0. The Balaban J connectivity index is 2.52. The molecule has 0 amide bonds. The Labute approximate surface area is 58.5 Å². The maximum Gasteiger partial charge on any atom is 0.110 e. The summed E-state index contributed by atoms with van der Waals surface area (Å²) < 4.78 is 0. The third-order valence-corrected chi connectivity index (χ3v) is 4.25. The second kappa shape index (κ2) is 1.60. The molecule has 0 unspecified atom stereocenters. The summed E-state index contributed by atoms with van der Waals surface area (Å²) in [7, 11) is 1.09. The van der Waals surface area contributed by atoms with E-state index < -0.39 is 0 Å². The van der Waals surface area contributed by atoms with Crippen molar-refractivity contribution < 1.29 is 0 Å². The zero-order chi connectivity index (χ0) is 6.43. The standard InChI is InChI=1S/C8H10Si/c1-5-6(2)8-4-3-7(5)9-8/h3-4H2,1-2H3. The lowest BCUT2D eigenvalue weighted by Crippen LogP contribution is -1.85. The summed E-state index contributed by atoms with van der Waals surface area (Å²) in [6, 6.07) is 0. The van der Waals surface area contributed by atoms with Gasteiger partial charge in [-0.3, -0.25) is 0 Å². The van der Waals surface area contributed by atoms with Crippen LogP contribution in [0.4, 0.5) is 0 Å². The zero-order valence-electron chi connectivity index (χ0n) is 5.91. The minimum absolute atomic E-state index is 1.09. The first-order valence-corrected chi connectivity index (χ1v) is 4.46. The van der Waals surface area contributed by atoms with Crippen molar-refractivity contribution >= 4 is 9.52 Å². The van der Waals surface area contributed by atoms with Gasteiger partial charge in [-0.15, -0.1) is 0 Å². The Kier molecular flexibility index (Phi) is 0.973. The predicted molar refractivity (Wildman–Crippen MR) is 40.4 cm³/mol. The van der Waals surface area contributed by atoms with E-state index in [0.717, 1.165) is 9.52 Å². The van der Waals surface area contributed by atoms with E-state index in [2.05, 4.69) is 13.8 Å². The van der Waals surface area contributed by atoms with E-state index in [0.29, 0.717) is 0 Å². The molecule has 2 heterocycles. The van der Waals surface area contributed by atoms with Gasteiger partial charge in [-0.1, -0.05) is 21.5 Å². The molecular weight excluding hydrogens is 124 g/mol. The quantitative estimate of drug-likeness (QED) is 0.445. The summed E-state index contributed by atoms with van der Waals surface area (Å²) in [6.45, 7) is 4.54. The molecule has 0 aromatic carbocycles. The summed E-state index contributed by atoms with van der Waals surface area (Å²) in [5.41, 5.74) is 3.21. The van der Waals surface area contributed by atoms with Crippen LogP contribution in [-0.4, -0.2) is 9.52 Å². The maximum absolute atomic E-state index is 2.27. The Morgan fingerprint density at radius 1 is 1.00 bits per heavy atom. The van der Waals surface area contributed by atoms with E-state index in [1.165, 1.54) is 12.8 Å². The number of allylic oxidation sites excluding steroid dienone is 4. The van der Waals surface area contributed by atoms with Crippen molar-refractivity contribution in [1.29, 1.82) is 0 Å². The predicted octanol–water partition coefficient (Wildman–Crippen LogP) is 2.05. The second-order valence-corrected chi connectivity index (χ2v) is 4.29. The zero-order valence-corrected chi connectivity index (χ0v) is 6.91. The number of rotatable bonds is 0. The molecule has 0 spiro atoms. The van der Waals surface area contributed by atoms with E-state index in [1.807, 2.05) is 0 Å². The van der Waals surface area contributed by atoms with Crippen LogP contribution in [0, 0.1) is 0 Å². The van der Waals surface area contributed by atoms with Gasteiger partial charge in [-0.25, -0.2) is 0 Å². The van der Waals surface area contributed by atoms with E-state index in [4.69, 9.17) is 0 Å². The second-order valence-electron chi connectivity index (χ2n) is 2.83. The van der Waals surface area contributed by atoms with Crippen molar-refractivity contribution in [2.24, 2.45) is 0 Å². The highest BCUT2D eigenvalue weighted by atomic mass is 28.2. The van der Waals surface area contributed by atoms with Crippen molar-refractivity contribution in [3.05, 3.63) is 21.5 Å². The van der Waals surface area contributed by atoms with E-state index in [1.54, 1.807) is 21.5 Å². The van der Waals surface area contributed by atoms with Gasteiger partial charge in [0.15, 0.2) is 0 Å². The largest absolute Gasteiger partial charge is 0.110 e. The molecule has 46 valence electrons. The smallest absolute Gasteiger partial charge is 0.0764 e. The number of fused-ring (bicyclic) bond motifs is 2. The van der Waals surface area contributed by atoms with E-state index in [-0.39, 0.29) is 0 Å². The molecule has 2 rings (SSSR count). The first kappa shape index (κ1) is 5.48. The highest BCUT2D eigenvalue weighted by Gasteiger charge is 2.24. The van der Waals surface area contributed by atoms with Crippen LogP contribution in [-0.2, 0) is 0 Å². The molecule has 2 aliphatic rings. The summed E-state index contributed by atoms with van der Waals surface area (Å²) in [4.78, 5) is 0. The fourth-order valence-electron chi connectivity index (χ4n) is 1.57. The molecule has 0 saturated carbocycles. The van der Waals surface area contributed by atoms with Gasteiger partial charge in [0.25, 0.3) is 0 Å². The highest BCUT2D eigenvalue weighted by molar-refractivity contribution is 6.57. The van der Waals surface area contributed by atoms with Gasteiger partial charge in [-0.05, 0) is 26.7 Å². The van der Waals surface area contributed by atoms with Crippen LogP contribution >= 0.6 is 0 Å². The van der Waals surface area contributed by atoms with Gasteiger partial charge in [0.2, 0.25) is 0 Å². The van der Waals surface area contributed by atoms with Crippen LogP contribution in [0.5, 0.6) is 0 Å². The summed E-state index contributed by atoms with van der Waals surface area (Å²) >= 11 is 0. The minimum Gasteiger partial charge on any atom is -0.0764 e. The van der Waals surface area contributed by atoms with Gasteiger partial charge in [0.05, 0.1) is 0 Å². The normalized spacial score (nSPS) is 24.7. The van der Waals surface area contributed by atoms with Crippen LogP contribution in [0.25, 0.3) is 0 Å². The molecule has 0 aliphatic carbocycles. The van der Waals surface area contributed by atoms with Crippen molar-refractivity contribution in [2.45, 2.75) is 26.7 Å². The Morgan fingerprint density at radius 2 is 1.44 bits per heavy atom. The van der Waals surface area contributed by atoms with Crippen molar-refractivity contribution in [2.75, 3.05) is 0 Å². The van der Waals surface area contributed by atoms with E-state index in [9.17, 15) is 0 Å². The first-order chi connectivity index (χ1) is 4.29. The average molecular weight is 134 g/mol. The SMILES string of the molecule is CC1=C2CCC(=C1C)[Si]2. The average Bonchev–Trinajstić information content (AvgIpc) is 2.37. The molecule has 2 aliphatic heterocycles. The third-order valence-electron chi connectivity index (χ3n) is 2.39. The molecular formula is C8H10Si. The molecule has 0 N–H and O–H groups in total. The lowest BCUT2D eigenvalue weighted by Gasteiger charge is -2.05. The van der Waals surface area contributed by atoms with Gasteiger partial charge >= 0.3 is 0 Å². The molecule has 1 saturated heterocycles. The summed E-state index contributed by atoms with van der Waals surface area (Å²) in [6.07, 6.45) is 2.74. The van der Waals surface area contributed by atoms with Crippen LogP contribution < -0.4 is 0 Å². The lowest BCUT2D eigenvalue weighted by molar-refractivity contribution is 0.990. The molecule has 0 atom stereocenters. The summed E-state index contributed by atoms with van der Waals surface area (Å²) in [5, 5.41) is 3.48. The first-order valence-electron chi connectivity index (χ1n) is 3.46. The fraction of sp³-hybridized carbons (Fsp3) is 0.500. The third kappa shape index (κ3) is 0.583. The van der Waals surface area contributed by atoms with Gasteiger partial charge in [-0.2, -0.15) is 0 Å². The van der Waals surface area contributed by atoms with Gasteiger partial charge < -0.3 is 0 Å². The van der Waals surface area contributed by atoms with Crippen LogP contribution in [0.1, 0.15) is 26.7 Å². The van der Waals surface area contributed by atoms with Crippen molar-refractivity contribution in [3.63, 3.8) is 0 Å². The Hall–Kier alpha value is -0.303. The Bertz CT molecular complexity index is 197. The van der Waals surface area contributed by atoms with Gasteiger partial charge in [0, 0.05) is 0 Å². The molecule has 2 bridgehead atoms. The Morgan fingerprint density at radius 3 is 1.67 bits per heavy atom.